The van der Waals surface area contributed by atoms with Gasteiger partial charge in [-0.05, 0) is 61.3 Å². The summed E-state index contributed by atoms with van der Waals surface area (Å²) in [5, 5.41) is 11.9. The van der Waals surface area contributed by atoms with Gasteiger partial charge >= 0.3 is 5.97 Å². The molecule has 1 unspecified atom stereocenters. The number of esters is 1. The zero-order chi connectivity index (χ0) is 21.0. The van der Waals surface area contributed by atoms with E-state index in [-0.39, 0.29) is 12.5 Å². The smallest absolute Gasteiger partial charge is 0.343 e. The van der Waals surface area contributed by atoms with Gasteiger partial charge in [0.15, 0.2) is 17.2 Å². The number of amides is 1. The molecule has 152 valence electrons. The molecule has 0 bridgehead atoms. The second-order valence-corrected chi connectivity index (χ2v) is 7.54. The van der Waals surface area contributed by atoms with Crippen molar-refractivity contribution >= 4 is 41.1 Å². The first kappa shape index (κ1) is 20.7. The Kier molecular flexibility index (Phi) is 6.45. The Bertz CT molecular complexity index is 1070. The number of benzene rings is 1. The predicted molar refractivity (Wildman–Crippen MR) is 113 cm³/mol. The number of anilines is 1. The van der Waals surface area contributed by atoms with E-state index >= 15 is 0 Å². The van der Waals surface area contributed by atoms with E-state index in [9.17, 15) is 9.59 Å². The van der Waals surface area contributed by atoms with Gasteiger partial charge in [-0.2, -0.15) is 5.10 Å². The summed E-state index contributed by atoms with van der Waals surface area (Å²) in [6, 6.07) is 8.41. The molecule has 29 heavy (non-hydrogen) atoms. The highest BCUT2D eigenvalue weighted by Gasteiger charge is 2.22. The summed E-state index contributed by atoms with van der Waals surface area (Å²) in [5.74, 6) is 0.436. The molecule has 10 heteroatoms. The number of carbonyl (C=O) groups excluding carboxylic acids is 2. The van der Waals surface area contributed by atoms with Gasteiger partial charge in [0.05, 0.1) is 12.0 Å². The second-order valence-electron chi connectivity index (χ2n) is 6.21. The van der Waals surface area contributed by atoms with Gasteiger partial charge in [0.2, 0.25) is 5.91 Å². The van der Waals surface area contributed by atoms with Gasteiger partial charge in [-0.3, -0.25) is 14.5 Å². The van der Waals surface area contributed by atoms with E-state index in [1.165, 1.54) is 18.4 Å². The van der Waals surface area contributed by atoms with Gasteiger partial charge in [-0.25, -0.2) is 4.79 Å². The van der Waals surface area contributed by atoms with Crippen LogP contribution < -0.4 is 10.1 Å². The Morgan fingerprint density at radius 1 is 1.38 bits per heavy atom. The lowest BCUT2D eigenvalue weighted by atomic mass is 10.1. The fourth-order valence-electron chi connectivity index (χ4n) is 2.67. The van der Waals surface area contributed by atoms with E-state index in [4.69, 9.17) is 17.0 Å². The largest absolute Gasteiger partial charge is 0.482 e. The van der Waals surface area contributed by atoms with E-state index < -0.39 is 12.0 Å². The van der Waals surface area contributed by atoms with Gasteiger partial charge in [-0.15, -0.1) is 11.3 Å². The van der Waals surface area contributed by atoms with Crippen LogP contribution in [0, 0.1) is 11.7 Å². The molecule has 0 saturated carbocycles. The van der Waals surface area contributed by atoms with E-state index in [0.717, 1.165) is 10.4 Å². The van der Waals surface area contributed by atoms with Crippen LogP contribution in [-0.4, -0.2) is 40.4 Å². The highest BCUT2D eigenvalue weighted by atomic mass is 32.1. The molecule has 1 amide bonds. The number of nitrogens with zero attached hydrogens (tertiary/aromatic N) is 2. The fourth-order valence-corrected chi connectivity index (χ4v) is 3.67. The number of methoxy groups -OCH3 is 1. The Morgan fingerprint density at radius 3 is 2.83 bits per heavy atom. The topological polar surface area (TPSA) is 98.2 Å². The van der Waals surface area contributed by atoms with Crippen LogP contribution in [0.5, 0.6) is 5.75 Å². The number of hydrogen-bond donors (Lipinski definition) is 2. The highest BCUT2D eigenvalue weighted by molar-refractivity contribution is 7.71. The Labute approximate surface area is 176 Å². The summed E-state index contributed by atoms with van der Waals surface area (Å²) >= 11 is 6.85. The molecule has 0 fully saturated rings. The maximum Gasteiger partial charge on any atom is 0.343 e. The molecule has 2 N–H and O–H groups in total. The van der Waals surface area contributed by atoms with Crippen LogP contribution in [0.3, 0.4) is 0 Å². The first-order chi connectivity index (χ1) is 13.9. The molecule has 0 aliphatic heterocycles. The minimum Gasteiger partial charge on any atom is -0.482 e. The number of rotatable bonds is 7. The fraction of sp³-hybridized carbons (Fsp3) is 0.263. The van der Waals surface area contributed by atoms with Crippen molar-refractivity contribution in [1.82, 2.24) is 14.8 Å². The van der Waals surface area contributed by atoms with Crippen LogP contribution in [0.4, 0.5) is 5.69 Å². The lowest BCUT2D eigenvalue weighted by Gasteiger charge is -2.17. The van der Waals surface area contributed by atoms with Crippen molar-refractivity contribution in [3.63, 3.8) is 0 Å². The number of nitrogens with one attached hydrogen (secondary N) is 2. The van der Waals surface area contributed by atoms with Crippen molar-refractivity contribution in [2.75, 3.05) is 19.0 Å². The Morgan fingerprint density at radius 2 is 2.17 bits per heavy atom. The third kappa shape index (κ3) is 4.72. The predicted octanol–water partition coefficient (Wildman–Crippen LogP) is 3.73. The van der Waals surface area contributed by atoms with Crippen molar-refractivity contribution in [3.8, 4) is 16.5 Å². The van der Waals surface area contributed by atoms with Gasteiger partial charge in [0.1, 0.15) is 11.8 Å². The number of thiophene rings is 1. The number of H-pyrrole nitrogens is 1. The molecule has 1 atom stereocenters. The first-order valence-corrected chi connectivity index (χ1v) is 10.0. The number of hydrogen-bond acceptors (Lipinski definition) is 7. The van der Waals surface area contributed by atoms with Crippen molar-refractivity contribution < 1.29 is 19.1 Å². The van der Waals surface area contributed by atoms with Crippen LogP contribution >= 0.6 is 23.6 Å². The van der Waals surface area contributed by atoms with Crippen LogP contribution in [0.1, 0.15) is 18.5 Å². The van der Waals surface area contributed by atoms with Crippen molar-refractivity contribution in [1.29, 1.82) is 0 Å². The SMILES string of the molecule is COC(=O)COc1ccc(NC(=O)C(C)n2c(-c3cccs3)n[nH]c2=S)c(C)c1. The molecule has 3 rings (SSSR count). The number of carbonyl (C=O) groups is 2. The van der Waals surface area contributed by atoms with Gasteiger partial charge in [0, 0.05) is 5.69 Å². The molecule has 1 aromatic carbocycles. The molecular weight excluding hydrogens is 412 g/mol. The summed E-state index contributed by atoms with van der Waals surface area (Å²) in [6.07, 6.45) is 0. The zero-order valence-corrected chi connectivity index (χ0v) is 17.7. The van der Waals surface area contributed by atoms with Gasteiger partial charge < -0.3 is 14.8 Å². The average Bonchev–Trinajstić information content (AvgIpc) is 3.36. The summed E-state index contributed by atoms with van der Waals surface area (Å²) in [4.78, 5) is 25.0. The molecule has 0 aliphatic rings. The average molecular weight is 433 g/mol. The standard InChI is InChI=1S/C19H20N4O4S2/c1-11-9-13(27-10-16(24)26-3)6-7-14(11)20-18(25)12(2)23-17(21-22-19(23)28)15-5-4-8-29-15/h4-9,12H,10H2,1-3H3,(H,20,25)(H,22,28). The maximum absolute atomic E-state index is 12.9. The normalized spacial score (nSPS) is 11.7. The minimum atomic E-state index is -0.576. The first-order valence-electron chi connectivity index (χ1n) is 8.72. The molecule has 8 nitrogen and oxygen atoms in total. The van der Waals surface area contributed by atoms with Crippen LogP contribution in [0.25, 0.3) is 10.7 Å². The van der Waals surface area contributed by atoms with E-state index in [2.05, 4.69) is 20.3 Å². The van der Waals surface area contributed by atoms with Gasteiger partial charge in [0.25, 0.3) is 0 Å². The molecule has 0 radical (unpaired) electrons. The molecular formula is C19H20N4O4S2. The summed E-state index contributed by atoms with van der Waals surface area (Å²) in [5.41, 5.74) is 1.43. The van der Waals surface area contributed by atoms with Crippen molar-refractivity contribution in [2.45, 2.75) is 19.9 Å². The third-order valence-electron chi connectivity index (χ3n) is 4.25. The number of aromatic nitrogens is 3. The molecule has 0 aliphatic carbocycles. The zero-order valence-electron chi connectivity index (χ0n) is 16.1. The minimum absolute atomic E-state index is 0.178. The second kappa shape index (κ2) is 9.01. The third-order valence-corrected chi connectivity index (χ3v) is 5.41. The summed E-state index contributed by atoms with van der Waals surface area (Å²) in [7, 11) is 1.30. The molecule has 2 aromatic heterocycles. The van der Waals surface area contributed by atoms with E-state index in [1.54, 1.807) is 29.7 Å². The van der Waals surface area contributed by atoms with Crippen LogP contribution in [0.2, 0.25) is 0 Å². The Balaban J connectivity index is 1.75. The maximum atomic E-state index is 12.9. The Hall–Kier alpha value is -2.98. The number of aryl methyl sites for hydroxylation is 1. The van der Waals surface area contributed by atoms with Crippen LogP contribution in [-0.2, 0) is 14.3 Å². The molecule has 0 saturated heterocycles. The van der Waals surface area contributed by atoms with E-state index in [0.29, 0.717) is 22.0 Å². The summed E-state index contributed by atoms with van der Waals surface area (Å²) < 4.78 is 12.0. The number of ether oxygens (including phenoxy) is 2. The van der Waals surface area contributed by atoms with Crippen molar-refractivity contribution in [3.05, 3.63) is 46.0 Å². The van der Waals surface area contributed by atoms with E-state index in [1.807, 2.05) is 24.4 Å². The summed E-state index contributed by atoms with van der Waals surface area (Å²) in [6.45, 7) is 3.43. The van der Waals surface area contributed by atoms with Crippen molar-refractivity contribution in [2.24, 2.45) is 0 Å². The number of aromatic amines is 1. The lowest BCUT2D eigenvalue weighted by Crippen LogP contribution is -2.24. The highest BCUT2D eigenvalue weighted by Crippen LogP contribution is 2.27. The quantitative estimate of drug-likeness (QED) is 0.436. The molecule has 0 spiro atoms. The lowest BCUT2D eigenvalue weighted by molar-refractivity contribution is -0.142. The van der Waals surface area contributed by atoms with Gasteiger partial charge in [-0.1, -0.05) is 6.07 Å². The molecule has 3 aromatic rings. The molecule has 2 heterocycles. The van der Waals surface area contributed by atoms with Crippen LogP contribution in [0.15, 0.2) is 35.7 Å². The monoisotopic (exact) mass is 432 g/mol.